The fourth-order valence-electron chi connectivity index (χ4n) is 1.64. The third-order valence-electron chi connectivity index (χ3n) is 2.56. The Morgan fingerprint density at radius 3 is 2.53 bits per heavy atom. The molecular weight excluding hydrogens is 217 g/mol. The highest BCUT2D eigenvalue weighted by Gasteiger charge is 2.08. The van der Waals surface area contributed by atoms with Crippen molar-refractivity contribution < 1.29 is 9.13 Å². The summed E-state index contributed by atoms with van der Waals surface area (Å²) in [5.41, 5.74) is 7.79. The fourth-order valence-corrected chi connectivity index (χ4v) is 1.64. The van der Waals surface area contributed by atoms with Gasteiger partial charge in [-0.1, -0.05) is 23.8 Å². The quantitative estimate of drug-likeness (QED) is 0.797. The van der Waals surface area contributed by atoms with Gasteiger partial charge in [-0.15, -0.1) is 0 Å². The molecule has 0 aliphatic carbocycles. The molecule has 2 aromatic carbocycles. The summed E-state index contributed by atoms with van der Waals surface area (Å²) >= 11 is 0. The normalized spacial score (nSPS) is 10.3. The first kappa shape index (κ1) is 11.5. The Balaban J connectivity index is 2.35. The van der Waals surface area contributed by atoms with Crippen LogP contribution in [0.5, 0.6) is 11.5 Å². The lowest BCUT2D eigenvalue weighted by molar-refractivity contribution is 0.476. The summed E-state index contributed by atoms with van der Waals surface area (Å²) in [5.74, 6) is 0.567. The molecule has 2 rings (SSSR count). The number of para-hydroxylation sites is 1. The molecule has 17 heavy (non-hydrogen) atoms. The number of hydrogen-bond acceptors (Lipinski definition) is 2. The summed E-state index contributed by atoms with van der Waals surface area (Å²) in [6.07, 6.45) is 0. The van der Waals surface area contributed by atoms with Crippen LogP contribution in [0.3, 0.4) is 0 Å². The number of anilines is 1. The number of halogens is 1. The second-order valence-corrected chi connectivity index (χ2v) is 4.02. The van der Waals surface area contributed by atoms with Crippen LogP contribution in [0.4, 0.5) is 10.1 Å². The highest BCUT2D eigenvalue weighted by atomic mass is 19.1. The molecule has 0 unspecified atom stereocenters. The molecule has 0 aliphatic rings. The van der Waals surface area contributed by atoms with Crippen molar-refractivity contribution in [2.75, 3.05) is 5.73 Å². The van der Waals surface area contributed by atoms with E-state index in [1.165, 1.54) is 6.07 Å². The van der Waals surface area contributed by atoms with Gasteiger partial charge in [0.25, 0.3) is 0 Å². The molecular formula is C14H14FNO. The van der Waals surface area contributed by atoms with Crippen molar-refractivity contribution in [3.05, 3.63) is 53.3 Å². The van der Waals surface area contributed by atoms with Gasteiger partial charge in [-0.05, 0) is 37.6 Å². The predicted molar refractivity (Wildman–Crippen MR) is 66.8 cm³/mol. The van der Waals surface area contributed by atoms with Crippen LogP contribution in [0.1, 0.15) is 11.1 Å². The number of nitrogens with two attached hydrogens (primary N) is 1. The average Bonchev–Trinajstić information content (AvgIpc) is 2.28. The number of hydrogen-bond donors (Lipinski definition) is 1. The Bertz CT molecular complexity index is 552. The van der Waals surface area contributed by atoms with E-state index in [1.807, 2.05) is 32.0 Å². The first-order valence-electron chi connectivity index (χ1n) is 5.37. The molecule has 2 nitrogen and oxygen atoms in total. The minimum absolute atomic E-state index is 0.0347. The maximum atomic E-state index is 13.2. The van der Waals surface area contributed by atoms with E-state index in [0.29, 0.717) is 11.5 Å². The van der Waals surface area contributed by atoms with E-state index in [0.717, 1.165) is 11.1 Å². The summed E-state index contributed by atoms with van der Waals surface area (Å²) in [6, 6.07) is 10.3. The Hall–Kier alpha value is -2.03. The first-order chi connectivity index (χ1) is 8.08. The molecule has 0 bridgehead atoms. The van der Waals surface area contributed by atoms with Gasteiger partial charge in [0, 0.05) is 0 Å². The minimum Gasteiger partial charge on any atom is -0.455 e. The molecule has 0 aromatic heterocycles. The van der Waals surface area contributed by atoms with Crippen LogP contribution in [0.2, 0.25) is 0 Å². The van der Waals surface area contributed by atoms with Gasteiger partial charge in [0.15, 0.2) is 5.75 Å². The van der Waals surface area contributed by atoms with E-state index in [-0.39, 0.29) is 5.69 Å². The minimum atomic E-state index is -0.465. The third-order valence-corrected chi connectivity index (χ3v) is 2.56. The molecule has 0 atom stereocenters. The number of nitrogen functional groups attached to an aromatic ring is 1. The zero-order valence-corrected chi connectivity index (χ0v) is 9.83. The monoisotopic (exact) mass is 231 g/mol. The van der Waals surface area contributed by atoms with Gasteiger partial charge in [-0.3, -0.25) is 0 Å². The summed E-state index contributed by atoms with van der Waals surface area (Å²) in [6.45, 7) is 3.95. The van der Waals surface area contributed by atoms with Crippen molar-refractivity contribution in [3.63, 3.8) is 0 Å². The SMILES string of the molecule is Cc1ccc(Oc2cccc(F)c2N)c(C)c1. The molecule has 0 spiro atoms. The zero-order valence-electron chi connectivity index (χ0n) is 9.83. The molecule has 0 aliphatic heterocycles. The van der Waals surface area contributed by atoms with Gasteiger partial charge in [0.2, 0.25) is 0 Å². The molecule has 88 valence electrons. The van der Waals surface area contributed by atoms with E-state index in [2.05, 4.69) is 0 Å². The van der Waals surface area contributed by atoms with Gasteiger partial charge in [-0.2, -0.15) is 0 Å². The van der Waals surface area contributed by atoms with Crippen molar-refractivity contribution in [1.29, 1.82) is 0 Å². The molecule has 0 amide bonds. The van der Waals surface area contributed by atoms with Gasteiger partial charge in [0.1, 0.15) is 17.3 Å². The molecule has 2 aromatic rings. The van der Waals surface area contributed by atoms with Crippen molar-refractivity contribution in [1.82, 2.24) is 0 Å². The maximum Gasteiger partial charge on any atom is 0.153 e. The molecule has 3 heteroatoms. The highest BCUT2D eigenvalue weighted by Crippen LogP contribution is 2.31. The lowest BCUT2D eigenvalue weighted by atomic mass is 10.1. The lowest BCUT2D eigenvalue weighted by Crippen LogP contribution is -1.96. The second-order valence-electron chi connectivity index (χ2n) is 4.02. The third kappa shape index (κ3) is 2.38. The first-order valence-corrected chi connectivity index (χ1v) is 5.37. The van der Waals surface area contributed by atoms with E-state index < -0.39 is 5.82 Å². The summed E-state index contributed by atoms with van der Waals surface area (Å²) in [7, 11) is 0. The largest absolute Gasteiger partial charge is 0.455 e. The van der Waals surface area contributed by atoms with Gasteiger partial charge < -0.3 is 10.5 Å². The van der Waals surface area contributed by atoms with Crippen molar-refractivity contribution in [2.24, 2.45) is 0 Å². The molecule has 0 radical (unpaired) electrons. The maximum absolute atomic E-state index is 13.2. The standard InChI is InChI=1S/C14H14FNO/c1-9-6-7-12(10(2)8-9)17-13-5-3-4-11(15)14(13)16/h3-8H,16H2,1-2H3. The van der Waals surface area contributed by atoms with E-state index in [9.17, 15) is 4.39 Å². The fraction of sp³-hybridized carbons (Fsp3) is 0.143. The topological polar surface area (TPSA) is 35.2 Å². The number of rotatable bonds is 2. The summed E-state index contributed by atoms with van der Waals surface area (Å²) in [5, 5.41) is 0. The van der Waals surface area contributed by atoms with Crippen LogP contribution in [-0.4, -0.2) is 0 Å². The molecule has 0 saturated heterocycles. The number of aryl methyl sites for hydroxylation is 2. The van der Waals surface area contributed by atoms with E-state index in [4.69, 9.17) is 10.5 Å². The average molecular weight is 231 g/mol. The van der Waals surface area contributed by atoms with Crippen LogP contribution in [0.15, 0.2) is 36.4 Å². The Labute approximate surface area is 99.8 Å². The predicted octanol–water partition coefficient (Wildman–Crippen LogP) is 3.82. The van der Waals surface area contributed by atoms with Crippen LogP contribution in [-0.2, 0) is 0 Å². The second kappa shape index (κ2) is 4.45. The van der Waals surface area contributed by atoms with E-state index in [1.54, 1.807) is 12.1 Å². The van der Waals surface area contributed by atoms with Gasteiger partial charge >= 0.3 is 0 Å². The van der Waals surface area contributed by atoms with Crippen molar-refractivity contribution in [2.45, 2.75) is 13.8 Å². The van der Waals surface area contributed by atoms with Crippen molar-refractivity contribution >= 4 is 5.69 Å². The number of ether oxygens (including phenoxy) is 1. The van der Waals surface area contributed by atoms with Gasteiger partial charge in [-0.25, -0.2) is 4.39 Å². The molecule has 0 heterocycles. The van der Waals surface area contributed by atoms with Crippen LogP contribution in [0, 0.1) is 19.7 Å². The van der Waals surface area contributed by atoms with Gasteiger partial charge in [0.05, 0.1) is 0 Å². The molecule has 0 saturated carbocycles. The highest BCUT2D eigenvalue weighted by molar-refractivity contribution is 5.55. The van der Waals surface area contributed by atoms with E-state index >= 15 is 0 Å². The summed E-state index contributed by atoms with van der Waals surface area (Å²) < 4.78 is 18.9. The zero-order chi connectivity index (χ0) is 12.4. The Morgan fingerprint density at radius 2 is 1.82 bits per heavy atom. The molecule has 2 N–H and O–H groups in total. The summed E-state index contributed by atoms with van der Waals surface area (Å²) in [4.78, 5) is 0. The molecule has 0 fully saturated rings. The Morgan fingerprint density at radius 1 is 1.06 bits per heavy atom. The van der Waals surface area contributed by atoms with Crippen LogP contribution >= 0.6 is 0 Å². The van der Waals surface area contributed by atoms with Crippen molar-refractivity contribution in [3.8, 4) is 11.5 Å². The van der Waals surface area contributed by atoms with Crippen LogP contribution < -0.4 is 10.5 Å². The lowest BCUT2D eigenvalue weighted by Gasteiger charge is -2.11. The number of benzene rings is 2. The van der Waals surface area contributed by atoms with Crippen LogP contribution in [0.25, 0.3) is 0 Å². The Kier molecular flexibility index (Phi) is 3.00. The smallest absolute Gasteiger partial charge is 0.153 e.